The van der Waals surface area contributed by atoms with Gasteiger partial charge in [0.1, 0.15) is 0 Å². The monoisotopic (exact) mass is 385 g/mol. The van der Waals surface area contributed by atoms with Gasteiger partial charge in [-0.05, 0) is 23.8 Å². The number of fused-ring (bicyclic) bond motifs is 1. The summed E-state index contributed by atoms with van der Waals surface area (Å²) in [4.78, 5) is 23.4. The van der Waals surface area contributed by atoms with Crippen LogP contribution in [-0.4, -0.2) is 59.5 Å². The molecule has 1 atom stereocenters. The zero-order chi connectivity index (χ0) is 19.0. The van der Waals surface area contributed by atoms with E-state index >= 15 is 0 Å². The summed E-state index contributed by atoms with van der Waals surface area (Å²) < 4.78 is 25.7. The molecule has 1 aliphatic rings. The maximum Gasteiger partial charge on any atom is 0.275 e. The van der Waals surface area contributed by atoms with Crippen molar-refractivity contribution in [1.82, 2.24) is 24.6 Å². The number of piperazine rings is 1. The molecule has 1 amide bonds. The molecule has 9 heteroatoms. The van der Waals surface area contributed by atoms with Crippen molar-refractivity contribution in [1.29, 1.82) is 0 Å². The highest BCUT2D eigenvalue weighted by molar-refractivity contribution is 7.90. The lowest BCUT2D eigenvalue weighted by Crippen LogP contribution is -2.48. The number of carbonyl (C=O) groups is 1. The van der Waals surface area contributed by atoms with Gasteiger partial charge in [-0.3, -0.25) is 14.2 Å². The van der Waals surface area contributed by atoms with Crippen LogP contribution in [0.1, 0.15) is 22.1 Å². The Balaban J connectivity index is 1.80. The van der Waals surface area contributed by atoms with E-state index in [1.807, 2.05) is 12.1 Å². The molecular formula is C18H19N5O3S. The van der Waals surface area contributed by atoms with Crippen molar-refractivity contribution in [3.8, 4) is 0 Å². The second-order valence-corrected chi connectivity index (χ2v) is 8.39. The molecule has 1 aliphatic heterocycles. The topological polar surface area (TPSA) is 96.7 Å². The molecule has 1 fully saturated rings. The molecule has 4 heterocycles. The lowest BCUT2D eigenvalue weighted by Gasteiger charge is -2.36. The maximum atomic E-state index is 13.3. The minimum absolute atomic E-state index is 0.130. The predicted octanol–water partition coefficient (Wildman–Crippen LogP) is 0.920. The molecule has 0 aliphatic carbocycles. The second-order valence-electron chi connectivity index (χ2n) is 6.48. The minimum Gasteiger partial charge on any atom is -0.328 e. The average molecular weight is 385 g/mol. The smallest absolute Gasteiger partial charge is 0.275 e. The summed E-state index contributed by atoms with van der Waals surface area (Å²) in [6.07, 6.45) is 6.12. The van der Waals surface area contributed by atoms with E-state index in [0.717, 1.165) is 11.8 Å². The number of hydrogen-bond donors (Lipinski definition) is 1. The molecule has 3 aromatic rings. The highest BCUT2D eigenvalue weighted by atomic mass is 32.2. The highest BCUT2D eigenvalue weighted by Gasteiger charge is 2.32. The molecule has 27 heavy (non-hydrogen) atoms. The average Bonchev–Trinajstić information content (AvgIpc) is 3.08. The fraction of sp³-hybridized carbons (Fsp3) is 0.278. The Bertz CT molecular complexity index is 1090. The first kappa shape index (κ1) is 17.6. The molecular weight excluding hydrogens is 366 g/mol. The van der Waals surface area contributed by atoms with Gasteiger partial charge in [-0.2, -0.15) is 0 Å². The number of nitrogens with one attached hydrogen (secondary N) is 1. The maximum absolute atomic E-state index is 13.3. The van der Waals surface area contributed by atoms with Crippen molar-refractivity contribution in [3.05, 3.63) is 60.2 Å². The fourth-order valence-electron chi connectivity index (χ4n) is 3.38. The van der Waals surface area contributed by atoms with Crippen molar-refractivity contribution in [2.45, 2.75) is 11.2 Å². The summed E-state index contributed by atoms with van der Waals surface area (Å²) in [5, 5.41) is 3.16. The van der Waals surface area contributed by atoms with Gasteiger partial charge in [0.15, 0.2) is 5.69 Å². The van der Waals surface area contributed by atoms with Gasteiger partial charge in [0.25, 0.3) is 5.91 Å². The zero-order valence-corrected chi connectivity index (χ0v) is 15.6. The summed E-state index contributed by atoms with van der Waals surface area (Å²) >= 11 is 0. The molecule has 0 radical (unpaired) electrons. The fourth-order valence-corrected chi connectivity index (χ4v) is 4.16. The van der Waals surface area contributed by atoms with Crippen LogP contribution in [0, 0.1) is 0 Å². The van der Waals surface area contributed by atoms with Crippen LogP contribution < -0.4 is 5.32 Å². The number of rotatable bonds is 3. The quantitative estimate of drug-likeness (QED) is 0.720. The molecule has 4 rings (SSSR count). The van der Waals surface area contributed by atoms with E-state index in [1.54, 1.807) is 41.7 Å². The normalized spacial score (nSPS) is 18.0. The Labute approximate surface area is 156 Å². The standard InChI is InChI=1S/C18H19N5O3S/c1-27(25,26)18-21-16(14-6-2-3-9-23(14)18)17(24)22-10-8-20-12-15(22)13-5-4-7-19-11-13/h2-7,9,11,15,20H,8,10,12H2,1H3. The predicted molar refractivity (Wildman–Crippen MR) is 99.2 cm³/mol. The van der Waals surface area contributed by atoms with Crippen LogP contribution in [0.2, 0.25) is 0 Å². The van der Waals surface area contributed by atoms with Gasteiger partial charge < -0.3 is 10.2 Å². The first-order chi connectivity index (χ1) is 13.0. The van der Waals surface area contributed by atoms with Gasteiger partial charge in [0.2, 0.25) is 15.0 Å². The third-order valence-corrected chi connectivity index (χ3v) is 5.57. The van der Waals surface area contributed by atoms with E-state index in [2.05, 4.69) is 15.3 Å². The second kappa shape index (κ2) is 6.75. The number of nitrogens with zero attached hydrogens (tertiary/aromatic N) is 4. The summed E-state index contributed by atoms with van der Waals surface area (Å²) in [6.45, 7) is 1.76. The van der Waals surface area contributed by atoms with E-state index in [9.17, 15) is 13.2 Å². The Hall–Kier alpha value is -2.78. The number of carbonyl (C=O) groups excluding carboxylic acids is 1. The van der Waals surface area contributed by atoms with Gasteiger partial charge in [0, 0.05) is 44.5 Å². The zero-order valence-electron chi connectivity index (χ0n) is 14.7. The number of amides is 1. The molecule has 0 spiro atoms. The first-order valence-corrected chi connectivity index (χ1v) is 10.4. The van der Waals surface area contributed by atoms with Gasteiger partial charge in [-0.25, -0.2) is 13.4 Å². The number of pyridine rings is 2. The van der Waals surface area contributed by atoms with Crippen LogP contribution >= 0.6 is 0 Å². The van der Waals surface area contributed by atoms with Crippen molar-refractivity contribution in [2.75, 3.05) is 25.9 Å². The SMILES string of the molecule is CS(=O)(=O)c1nc(C(=O)N2CCNCC2c2cccnc2)c2ccccn12. The molecule has 0 aromatic carbocycles. The summed E-state index contributed by atoms with van der Waals surface area (Å²) in [7, 11) is -3.58. The summed E-state index contributed by atoms with van der Waals surface area (Å²) in [5.41, 5.74) is 1.54. The molecule has 1 saturated heterocycles. The largest absolute Gasteiger partial charge is 0.328 e. The number of sulfone groups is 1. The van der Waals surface area contributed by atoms with Crippen molar-refractivity contribution < 1.29 is 13.2 Å². The molecule has 0 bridgehead atoms. The van der Waals surface area contributed by atoms with Crippen LogP contribution in [0.25, 0.3) is 5.52 Å². The van der Waals surface area contributed by atoms with Crippen molar-refractivity contribution >= 4 is 21.3 Å². The van der Waals surface area contributed by atoms with Gasteiger partial charge in [0.05, 0.1) is 11.6 Å². The van der Waals surface area contributed by atoms with E-state index in [-0.39, 0.29) is 22.8 Å². The molecule has 1 unspecified atom stereocenters. The summed E-state index contributed by atoms with van der Waals surface area (Å²) in [6, 6.07) is 8.74. The third-order valence-electron chi connectivity index (χ3n) is 4.62. The van der Waals surface area contributed by atoms with Crippen LogP contribution in [0.4, 0.5) is 0 Å². The molecule has 3 aromatic heterocycles. The van der Waals surface area contributed by atoms with E-state index < -0.39 is 9.84 Å². The Morgan fingerprint density at radius 3 is 2.85 bits per heavy atom. The highest BCUT2D eigenvalue weighted by Crippen LogP contribution is 2.26. The lowest BCUT2D eigenvalue weighted by molar-refractivity contribution is 0.0630. The van der Waals surface area contributed by atoms with Crippen LogP contribution in [0.15, 0.2) is 54.1 Å². The molecule has 140 valence electrons. The number of imidazole rings is 1. The van der Waals surface area contributed by atoms with Crippen LogP contribution in [0.3, 0.4) is 0 Å². The van der Waals surface area contributed by atoms with Crippen molar-refractivity contribution in [3.63, 3.8) is 0 Å². The number of hydrogen-bond acceptors (Lipinski definition) is 6. The van der Waals surface area contributed by atoms with Crippen LogP contribution in [0.5, 0.6) is 0 Å². The Morgan fingerprint density at radius 2 is 2.11 bits per heavy atom. The first-order valence-electron chi connectivity index (χ1n) is 8.55. The van der Waals surface area contributed by atoms with Crippen LogP contribution in [-0.2, 0) is 9.84 Å². The lowest BCUT2D eigenvalue weighted by atomic mass is 10.0. The van der Waals surface area contributed by atoms with Crippen molar-refractivity contribution in [2.24, 2.45) is 0 Å². The van der Waals surface area contributed by atoms with Gasteiger partial charge >= 0.3 is 0 Å². The summed E-state index contributed by atoms with van der Waals surface area (Å²) in [5.74, 6) is -0.288. The Kier molecular flexibility index (Phi) is 4.40. The molecule has 8 nitrogen and oxygen atoms in total. The minimum atomic E-state index is -3.58. The Morgan fingerprint density at radius 1 is 1.26 bits per heavy atom. The van der Waals surface area contributed by atoms with Gasteiger partial charge in [-0.15, -0.1) is 0 Å². The molecule has 0 saturated carbocycles. The third kappa shape index (κ3) is 3.19. The van der Waals surface area contributed by atoms with E-state index in [1.165, 1.54) is 4.40 Å². The molecule has 1 N–H and O–H groups in total. The number of aromatic nitrogens is 3. The van der Waals surface area contributed by atoms with E-state index in [0.29, 0.717) is 25.2 Å². The van der Waals surface area contributed by atoms with E-state index in [4.69, 9.17) is 0 Å². The van der Waals surface area contributed by atoms with Gasteiger partial charge in [-0.1, -0.05) is 12.1 Å².